The zero-order chi connectivity index (χ0) is 9.52. The summed E-state index contributed by atoms with van der Waals surface area (Å²) in [5.41, 5.74) is 1.30. The molecule has 3 heteroatoms. The van der Waals surface area contributed by atoms with E-state index in [1.54, 1.807) is 11.3 Å². The standard InChI is InChI=1S/C10H16O2S/c11-6-1-2-10(12)4-3-9-5-7-13-8-9/h5,7-8,10-12H,1-4,6H2. The molecule has 0 fully saturated rings. The van der Waals surface area contributed by atoms with E-state index in [2.05, 4.69) is 16.8 Å². The number of aliphatic hydroxyl groups excluding tert-OH is 2. The number of thiophene rings is 1. The number of aryl methyl sites for hydroxylation is 1. The first kappa shape index (κ1) is 10.7. The second-order valence-corrected chi connectivity index (χ2v) is 3.97. The molecule has 0 aliphatic heterocycles. The van der Waals surface area contributed by atoms with Crippen LogP contribution in [-0.2, 0) is 6.42 Å². The summed E-state index contributed by atoms with van der Waals surface area (Å²) >= 11 is 1.69. The highest BCUT2D eigenvalue weighted by Crippen LogP contribution is 2.11. The fraction of sp³-hybridized carbons (Fsp3) is 0.600. The van der Waals surface area contributed by atoms with Gasteiger partial charge in [-0.05, 0) is 48.1 Å². The van der Waals surface area contributed by atoms with Gasteiger partial charge in [-0.25, -0.2) is 0 Å². The van der Waals surface area contributed by atoms with Crippen molar-refractivity contribution in [3.8, 4) is 0 Å². The summed E-state index contributed by atoms with van der Waals surface area (Å²) in [5.74, 6) is 0. The molecule has 1 atom stereocenters. The monoisotopic (exact) mass is 200 g/mol. The molecule has 1 aromatic rings. The van der Waals surface area contributed by atoms with Crippen molar-refractivity contribution < 1.29 is 10.2 Å². The Bertz CT molecular complexity index is 209. The van der Waals surface area contributed by atoms with E-state index in [-0.39, 0.29) is 12.7 Å². The van der Waals surface area contributed by atoms with Crippen LogP contribution in [0.2, 0.25) is 0 Å². The lowest BCUT2D eigenvalue weighted by Gasteiger charge is -2.07. The first-order chi connectivity index (χ1) is 6.33. The smallest absolute Gasteiger partial charge is 0.0544 e. The van der Waals surface area contributed by atoms with Gasteiger partial charge >= 0.3 is 0 Å². The SMILES string of the molecule is OCCCC(O)CCc1ccsc1. The molecule has 0 amide bonds. The van der Waals surface area contributed by atoms with Crippen LogP contribution in [-0.4, -0.2) is 22.9 Å². The number of hydrogen-bond acceptors (Lipinski definition) is 3. The van der Waals surface area contributed by atoms with E-state index in [0.717, 1.165) is 12.8 Å². The van der Waals surface area contributed by atoms with Crippen molar-refractivity contribution in [2.24, 2.45) is 0 Å². The Morgan fingerprint density at radius 3 is 2.85 bits per heavy atom. The highest BCUT2D eigenvalue weighted by Gasteiger charge is 2.03. The maximum atomic E-state index is 9.47. The summed E-state index contributed by atoms with van der Waals surface area (Å²) in [6.07, 6.45) is 2.89. The molecule has 74 valence electrons. The predicted octanol–water partition coefficient (Wildman–Crippen LogP) is 1.81. The van der Waals surface area contributed by atoms with Gasteiger partial charge in [0.2, 0.25) is 0 Å². The number of rotatable bonds is 6. The molecule has 0 bridgehead atoms. The molecule has 0 saturated heterocycles. The number of hydrogen-bond donors (Lipinski definition) is 2. The molecule has 0 aliphatic carbocycles. The van der Waals surface area contributed by atoms with Gasteiger partial charge in [-0.1, -0.05) is 0 Å². The van der Waals surface area contributed by atoms with Crippen molar-refractivity contribution >= 4 is 11.3 Å². The Morgan fingerprint density at radius 1 is 1.38 bits per heavy atom. The van der Waals surface area contributed by atoms with E-state index in [0.29, 0.717) is 12.8 Å². The second kappa shape index (κ2) is 6.13. The molecule has 0 aliphatic rings. The van der Waals surface area contributed by atoms with Crippen LogP contribution in [0.5, 0.6) is 0 Å². The molecule has 0 saturated carbocycles. The molecule has 1 aromatic heterocycles. The Hall–Kier alpha value is -0.380. The van der Waals surface area contributed by atoms with Crippen molar-refractivity contribution in [1.82, 2.24) is 0 Å². The minimum Gasteiger partial charge on any atom is -0.396 e. The average molecular weight is 200 g/mol. The maximum absolute atomic E-state index is 9.47. The first-order valence-corrected chi connectivity index (χ1v) is 5.57. The quantitative estimate of drug-likeness (QED) is 0.735. The molecule has 1 rings (SSSR count). The van der Waals surface area contributed by atoms with Crippen molar-refractivity contribution in [1.29, 1.82) is 0 Å². The van der Waals surface area contributed by atoms with Crippen LogP contribution in [0, 0.1) is 0 Å². The zero-order valence-corrected chi connectivity index (χ0v) is 8.46. The van der Waals surface area contributed by atoms with Gasteiger partial charge in [-0.15, -0.1) is 0 Å². The van der Waals surface area contributed by atoms with E-state index in [1.807, 2.05) is 0 Å². The molecule has 1 heterocycles. The van der Waals surface area contributed by atoms with Gasteiger partial charge in [0.05, 0.1) is 6.10 Å². The van der Waals surface area contributed by atoms with Gasteiger partial charge in [0.1, 0.15) is 0 Å². The van der Waals surface area contributed by atoms with Crippen LogP contribution in [0.3, 0.4) is 0 Å². The van der Waals surface area contributed by atoms with Gasteiger partial charge in [-0.2, -0.15) is 11.3 Å². The van der Waals surface area contributed by atoms with E-state index in [4.69, 9.17) is 5.11 Å². The topological polar surface area (TPSA) is 40.5 Å². The van der Waals surface area contributed by atoms with Crippen LogP contribution in [0.25, 0.3) is 0 Å². The van der Waals surface area contributed by atoms with E-state index < -0.39 is 0 Å². The molecule has 0 radical (unpaired) electrons. The predicted molar refractivity (Wildman–Crippen MR) is 55.0 cm³/mol. The molecule has 2 N–H and O–H groups in total. The Balaban J connectivity index is 2.11. The van der Waals surface area contributed by atoms with Crippen molar-refractivity contribution in [2.75, 3.05) is 6.61 Å². The van der Waals surface area contributed by atoms with Gasteiger partial charge in [-0.3, -0.25) is 0 Å². The summed E-state index contributed by atoms with van der Waals surface area (Å²) < 4.78 is 0. The summed E-state index contributed by atoms with van der Waals surface area (Å²) in [6.45, 7) is 0.176. The third-order valence-electron chi connectivity index (χ3n) is 2.04. The van der Waals surface area contributed by atoms with Crippen molar-refractivity contribution in [3.05, 3.63) is 22.4 Å². The zero-order valence-electron chi connectivity index (χ0n) is 7.65. The van der Waals surface area contributed by atoms with Crippen molar-refractivity contribution in [2.45, 2.75) is 31.8 Å². The van der Waals surface area contributed by atoms with Crippen LogP contribution in [0.15, 0.2) is 16.8 Å². The van der Waals surface area contributed by atoms with Crippen LogP contribution >= 0.6 is 11.3 Å². The fourth-order valence-electron chi connectivity index (χ4n) is 1.24. The van der Waals surface area contributed by atoms with E-state index >= 15 is 0 Å². The molecular formula is C10H16O2S. The summed E-state index contributed by atoms with van der Waals surface area (Å²) in [5, 5.41) is 22.2. The Kier molecular flexibility index (Phi) is 5.05. The molecule has 0 aromatic carbocycles. The van der Waals surface area contributed by atoms with E-state index in [1.165, 1.54) is 5.56 Å². The Labute approximate surface area is 82.8 Å². The lowest BCUT2D eigenvalue weighted by molar-refractivity contribution is 0.141. The van der Waals surface area contributed by atoms with E-state index in [9.17, 15) is 5.11 Å². The minimum absolute atomic E-state index is 0.176. The second-order valence-electron chi connectivity index (χ2n) is 3.19. The van der Waals surface area contributed by atoms with Gasteiger partial charge in [0.15, 0.2) is 0 Å². The highest BCUT2D eigenvalue weighted by atomic mass is 32.1. The van der Waals surface area contributed by atoms with Crippen LogP contribution in [0.4, 0.5) is 0 Å². The molecule has 2 nitrogen and oxygen atoms in total. The third-order valence-corrected chi connectivity index (χ3v) is 2.77. The van der Waals surface area contributed by atoms with Crippen LogP contribution in [0.1, 0.15) is 24.8 Å². The van der Waals surface area contributed by atoms with Gasteiger partial charge in [0, 0.05) is 6.61 Å². The lowest BCUT2D eigenvalue weighted by Crippen LogP contribution is -2.08. The van der Waals surface area contributed by atoms with Gasteiger partial charge < -0.3 is 10.2 Å². The Morgan fingerprint density at radius 2 is 2.23 bits per heavy atom. The molecular weight excluding hydrogens is 184 g/mol. The third kappa shape index (κ3) is 4.41. The normalized spacial score (nSPS) is 13.1. The average Bonchev–Trinajstić information content (AvgIpc) is 2.64. The van der Waals surface area contributed by atoms with Gasteiger partial charge in [0.25, 0.3) is 0 Å². The summed E-state index contributed by atoms with van der Waals surface area (Å²) in [6, 6.07) is 2.09. The molecule has 0 spiro atoms. The lowest BCUT2D eigenvalue weighted by atomic mass is 10.1. The van der Waals surface area contributed by atoms with Crippen LogP contribution < -0.4 is 0 Å². The minimum atomic E-state index is -0.257. The summed E-state index contributed by atoms with van der Waals surface area (Å²) in [7, 11) is 0. The first-order valence-electron chi connectivity index (χ1n) is 4.63. The number of aliphatic hydroxyl groups is 2. The summed E-state index contributed by atoms with van der Waals surface area (Å²) in [4.78, 5) is 0. The highest BCUT2D eigenvalue weighted by molar-refractivity contribution is 7.07. The maximum Gasteiger partial charge on any atom is 0.0544 e. The molecule has 1 unspecified atom stereocenters. The molecule has 13 heavy (non-hydrogen) atoms. The van der Waals surface area contributed by atoms with Crippen molar-refractivity contribution in [3.63, 3.8) is 0 Å². The largest absolute Gasteiger partial charge is 0.396 e. The fourth-order valence-corrected chi connectivity index (χ4v) is 1.94.